The van der Waals surface area contributed by atoms with Crippen molar-refractivity contribution in [2.24, 2.45) is 10.2 Å². The number of amides is 2. The number of carbonyl (C=O) groups excluding carboxylic acids is 2. The van der Waals surface area contributed by atoms with Crippen molar-refractivity contribution in [2.45, 2.75) is 45.6 Å². The summed E-state index contributed by atoms with van der Waals surface area (Å²) in [6.45, 7) is 4.44. The number of hydrogen-bond acceptors (Lipinski definition) is 5. The van der Waals surface area contributed by atoms with Gasteiger partial charge >= 0.3 is 0 Å². The molecule has 0 unspecified atom stereocenters. The second-order valence-corrected chi connectivity index (χ2v) is 9.01. The first-order chi connectivity index (χ1) is 16.3. The summed E-state index contributed by atoms with van der Waals surface area (Å²) in [5.41, 5.74) is 1.64. The number of benzene rings is 2. The van der Waals surface area contributed by atoms with Crippen LogP contribution >= 0.6 is 15.9 Å². The van der Waals surface area contributed by atoms with Gasteiger partial charge in [0.05, 0.1) is 18.2 Å². The molecule has 0 aliphatic rings. The van der Waals surface area contributed by atoms with Gasteiger partial charge in [-0.1, -0.05) is 18.6 Å². The van der Waals surface area contributed by atoms with E-state index in [4.69, 9.17) is 4.74 Å². The van der Waals surface area contributed by atoms with E-state index in [-0.39, 0.29) is 35.8 Å². The fourth-order valence-electron chi connectivity index (χ4n) is 3.69. The van der Waals surface area contributed by atoms with Gasteiger partial charge in [0, 0.05) is 28.9 Å². The number of nitrogens with zero attached hydrogens (tertiary/aromatic N) is 3. The van der Waals surface area contributed by atoms with Gasteiger partial charge in [-0.2, -0.15) is 0 Å². The van der Waals surface area contributed by atoms with Crippen LogP contribution in [0.5, 0.6) is 11.6 Å². The highest BCUT2D eigenvalue weighted by Gasteiger charge is 2.19. The molecule has 2 N–H and O–H groups in total. The standard InChI is InChI=1S/C25H29BrN4O4/c1-16(2)30-21-13-12-17(34-3)15-19(21)23(25(30)33)29-28-22(31)11-5-4-8-14-27-24(32)18-9-6-7-10-20(18)26/h6-7,9-10,12-13,15-16,33H,4-5,8,11,14H2,1-3H3,(H,27,32). The molecule has 34 heavy (non-hydrogen) atoms. The molecular weight excluding hydrogens is 500 g/mol. The molecule has 0 spiro atoms. The van der Waals surface area contributed by atoms with Crippen LogP contribution in [0.3, 0.4) is 0 Å². The maximum Gasteiger partial charge on any atom is 0.264 e. The highest BCUT2D eigenvalue weighted by Crippen LogP contribution is 2.42. The van der Waals surface area contributed by atoms with Crippen molar-refractivity contribution < 1.29 is 19.4 Å². The molecule has 0 atom stereocenters. The zero-order valence-corrected chi connectivity index (χ0v) is 21.1. The van der Waals surface area contributed by atoms with Gasteiger partial charge in [-0.15, -0.1) is 10.2 Å². The Bertz CT molecular complexity index is 1200. The first-order valence-electron chi connectivity index (χ1n) is 11.2. The molecule has 2 amide bonds. The minimum Gasteiger partial charge on any atom is -0.497 e. The van der Waals surface area contributed by atoms with E-state index in [1.54, 1.807) is 23.8 Å². The lowest BCUT2D eigenvalue weighted by molar-refractivity contribution is -0.118. The molecule has 1 heterocycles. The monoisotopic (exact) mass is 528 g/mol. The molecule has 0 fully saturated rings. The van der Waals surface area contributed by atoms with Gasteiger partial charge in [-0.25, -0.2) is 0 Å². The number of aromatic hydroxyl groups is 1. The van der Waals surface area contributed by atoms with Crippen LogP contribution in [0.1, 0.15) is 55.9 Å². The van der Waals surface area contributed by atoms with Crippen LogP contribution in [-0.2, 0) is 4.79 Å². The van der Waals surface area contributed by atoms with Crippen LogP contribution in [0.2, 0.25) is 0 Å². The first kappa shape index (κ1) is 25.4. The molecule has 2 aromatic carbocycles. The molecular formula is C25H29BrN4O4. The summed E-state index contributed by atoms with van der Waals surface area (Å²) in [6, 6.07) is 12.7. The third kappa shape index (κ3) is 6.02. The zero-order chi connectivity index (χ0) is 24.7. The molecule has 0 aliphatic heterocycles. The fourth-order valence-corrected chi connectivity index (χ4v) is 4.15. The Morgan fingerprint density at radius 2 is 1.91 bits per heavy atom. The van der Waals surface area contributed by atoms with Gasteiger partial charge in [0.1, 0.15) is 5.75 Å². The molecule has 0 radical (unpaired) electrons. The number of rotatable bonds is 10. The van der Waals surface area contributed by atoms with E-state index in [9.17, 15) is 14.7 Å². The van der Waals surface area contributed by atoms with Crippen LogP contribution in [0, 0.1) is 0 Å². The molecule has 0 aliphatic carbocycles. The average molecular weight is 529 g/mol. The Balaban J connectivity index is 1.52. The van der Waals surface area contributed by atoms with E-state index in [0.717, 1.165) is 22.8 Å². The lowest BCUT2D eigenvalue weighted by Gasteiger charge is -2.10. The Kier molecular flexibility index (Phi) is 8.81. The SMILES string of the molecule is COc1ccc2c(c1)c(N=NC(=O)CCCCCNC(=O)c1ccccc1Br)c(O)n2C(C)C. The molecule has 180 valence electrons. The van der Waals surface area contributed by atoms with E-state index < -0.39 is 0 Å². The van der Waals surface area contributed by atoms with E-state index in [2.05, 4.69) is 31.5 Å². The Morgan fingerprint density at radius 1 is 1.15 bits per heavy atom. The van der Waals surface area contributed by atoms with Gasteiger partial charge < -0.3 is 19.7 Å². The number of fused-ring (bicyclic) bond motifs is 1. The maximum atomic E-state index is 12.2. The van der Waals surface area contributed by atoms with Crippen molar-refractivity contribution in [3.8, 4) is 11.6 Å². The second kappa shape index (κ2) is 11.8. The maximum absolute atomic E-state index is 12.2. The number of hydrogen-bond donors (Lipinski definition) is 2. The summed E-state index contributed by atoms with van der Waals surface area (Å²) < 4.78 is 7.78. The second-order valence-electron chi connectivity index (χ2n) is 8.16. The topological polar surface area (TPSA) is 105 Å². The molecule has 3 aromatic rings. The number of aromatic nitrogens is 1. The summed E-state index contributed by atoms with van der Waals surface area (Å²) in [5.74, 6) is 0.109. The van der Waals surface area contributed by atoms with Crippen molar-refractivity contribution in [1.29, 1.82) is 0 Å². The molecule has 3 rings (SSSR count). The van der Waals surface area contributed by atoms with Gasteiger partial charge in [-0.05, 0) is 73.0 Å². The third-order valence-corrected chi connectivity index (χ3v) is 6.10. The average Bonchev–Trinajstić information content (AvgIpc) is 3.10. The summed E-state index contributed by atoms with van der Waals surface area (Å²) in [7, 11) is 1.57. The van der Waals surface area contributed by atoms with Gasteiger partial charge in [0.15, 0.2) is 5.69 Å². The van der Waals surface area contributed by atoms with Gasteiger partial charge in [0.25, 0.3) is 11.8 Å². The highest BCUT2D eigenvalue weighted by molar-refractivity contribution is 9.10. The number of carbonyl (C=O) groups is 2. The molecule has 8 nitrogen and oxygen atoms in total. The minimum atomic E-state index is -0.356. The van der Waals surface area contributed by atoms with Crippen molar-refractivity contribution in [3.63, 3.8) is 0 Å². The van der Waals surface area contributed by atoms with Crippen molar-refractivity contribution in [2.75, 3.05) is 13.7 Å². The summed E-state index contributed by atoms with van der Waals surface area (Å²) in [5, 5.41) is 22.2. The molecule has 1 aromatic heterocycles. The van der Waals surface area contributed by atoms with Crippen LogP contribution in [0.15, 0.2) is 57.2 Å². The number of unbranched alkanes of at least 4 members (excludes halogenated alkanes) is 2. The summed E-state index contributed by atoms with van der Waals surface area (Å²) >= 11 is 3.37. The van der Waals surface area contributed by atoms with Gasteiger partial charge in [0.2, 0.25) is 5.88 Å². The van der Waals surface area contributed by atoms with Crippen LogP contribution in [-0.4, -0.2) is 35.1 Å². The normalized spacial score (nSPS) is 11.4. The van der Waals surface area contributed by atoms with Crippen LogP contribution in [0.4, 0.5) is 5.69 Å². The summed E-state index contributed by atoms with van der Waals surface area (Å²) in [4.78, 5) is 24.4. The number of nitrogens with one attached hydrogen (secondary N) is 1. The molecule has 0 bridgehead atoms. The Morgan fingerprint density at radius 3 is 2.62 bits per heavy atom. The number of halogens is 1. The molecule has 9 heteroatoms. The van der Waals surface area contributed by atoms with E-state index in [1.165, 1.54) is 0 Å². The minimum absolute atomic E-state index is 0.000888. The number of azo groups is 1. The number of methoxy groups -OCH3 is 1. The lowest BCUT2D eigenvalue weighted by Crippen LogP contribution is -2.24. The Hall–Kier alpha value is -3.20. The third-order valence-electron chi connectivity index (χ3n) is 5.41. The molecule has 0 saturated carbocycles. The predicted molar refractivity (Wildman–Crippen MR) is 135 cm³/mol. The van der Waals surface area contributed by atoms with Crippen molar-refractivity contribution >= 4 is 44.3 Å². The van der Waals surface area contributed by atoms with E-state index >= 15 is 0 Å². The lowest BCUT2D eigenvalue weighted by atomic mass is 10.2. The highest BCUT2D eigenvalue weighted by atomic mass is 79.9. The number of ether oxygens (including phenoxy) is 1. The fraction of sp³-hybridized carbons (Fsp3) is 0.360. The van der Waals surface area contributed by atoms with E-state index in [0.29, 0.717) is 29.7 Å². The first-order valence-corrected chi connectivity index (χ1v) is 12.0. The summed E-state index contributed by atoms with van der Waals surface area (Å²) in [6.07, 6.45) is 2.40. The molecule has 0 saturated heterocycles. The quantitative estimate of drug-likeness (QED) is 0.238. The van der Waals surface area contributed by atoms with Crippen molar-refractivity contribution in [1.82, 2.24) is 9.88 Å². The largest absolute Gasteiger partial charge is 0.497 e. The Labute approximate surface area is 207 Å². The van der Waals surface area contributed by atoms with Gasteiger partial charge in [-0.3, -0.25) is 9.59 Å². The van der Waals surface area contributed by atoms with Crippen molar-refractivity contribution in [3.05, 3.63) is 52.5 Å². The van der Waals surface area contributed by atoms with Crippen LogP contribution < -0.4 is 10.1 Å². The van der Waals surface area contributed by atoms with Crippen LogP contribution in [0.25, 0.3) is 10.9 Å². The van der Waals surface area contributed by atoms with E-state index in [1.807, 2.05) is 44.2 Å². The smallest absolute Gasteiger partial charge is 0.264 e. The predicted octanol–water partition coefficient (Wildman–Crippen LogP) is 6.30. The zero-order valence-electron chi connectivity index (χ0n) is 19.5.